The number of ether oxygens (including phenoxy) is 2. The van der Waals surface area contributed by atoms with Gasteiger partial charge in [-0.25, -0.2) is 9.97 Å². The molecule has 1 heterocycles. The van der Waals surface area contributed by atoms with Crippen LogP contribution in [0.4, 0.5) is 0 Å². The first-order valence-electron chi connectivity index (χ1n) is 11.3. The summed E-state index contributed by atoms with van der Waals surface area (Å²) in [5.41, 5.74) is 5.01. The Morgan fingerprint density at radius 2 is 1.50 bits per heavy atom. The zero-order valence-electron chi connectivity index (χ0n) is 20.6. The fourth-order valence-electron chi connectivity index (χ4n) is 3.80. The summed E-state index contributed by atoms with van der Waals surface area (Å²) in [6.45, 7) is 19.6. The molecule has 1 aromatic carbocycles. The summed E-state index contributed by atoms with van der Waals surface area (Å²) < 4.78 is 12.2. The molecule has 166 valence electrons. The van der Waals surface area contributed by atoms with Gasteiger partial charge in [0.15, 0.2) is 0 Å². The van der Waals surface area contributed by atoms with Gasteiger partial charge in [0, 0.05) is 5.56 Å². The average Bonchev–Trinajstić information content (AvgIpc) is 2.69. The average molecular weight is 413 g/mol. The Kier molecular flexibility index (Phi) is 7.90. The lowest BCUT2D eigenvalue weighted by atomic mass is 9.86. The maximum Gasteiger partial charge on any atom is 0.236 e. The molecule has 0 N–H and O–H groups in total. The van der Waals surface area contributed by atoms with E-state index in [1.165, 1.54) is 5.56 Å². The Balaban J connectivity index is 2.60. The zero-order chi connectivity index (χ0) is 22.6. The lowest BCUT2D eigenvalue weighted by molar-refractivity contribution is 0.0976. The molecule has 4 heteroatoms. The second kappa shape index (κ2) is 9.80. The van der Waals surface area contributed by atoms with E-state index >= 15 is 0 Å². The predicted molar refractivity (Wildman–Crippen MR) is 126 cm³/mol. The van der Waals surface area contributed by atoms with Crippen LogP contribution in [0.25, 0.3) is 11.3 Å². The third-order valence-electron chi connectivity index (χ3n) is 5.56. The second-order valence-corrected chi connectivity index (χ2v) is 9.71. The number of aromatic nitrogens is 2. The van der Waals surface area contributed by atoms with E-state index in [2.05, 4.69) is 80.5 Å². The fraction of sp³-hybridized carbons (Fsp3) is 0.615. The van der Waals surface area contributed by atoms with E-state index in [1.807, 2.05) is 0 Å². The highest BCUT2D eigenvalue weighted by Crippen LogP contribution is 2.36. The van der Waals surface area contributed by atoms with Crippen molar-refractivity contribution in [3.63, 3.8) is 0 Å². The van der Waals surface area contributed by atoms with E-state index in [0.717, 1.165) is 41.2 Å². The van der Waals surface area contributed by atoms with Crippen LogP contribution in [0.3, 0.4) is 0 Å². The van der Waals surface area contributed by atoms with Gasteiger partial charge in [0.25, 0.3) is 0 Å². The van der Waals surface area contributed by atoms with Crippen LogP contribution >= 0.6 is 0 Å². The summed E-state index contributed by atoms with van der Waals surface area (Å²) in [4.78, 5) is 9.99. The van der Waals surface area contributed by atoms with Crippen molar-refractivity contribution in [1.29, 1.82) is 0 Å². The molecule has 0 radical (unpaired) electrons. The molecule has 0 fully saturated rings. The van der Waals surface area contributed by atoms with E-state index in [9.17, 15) is 0 Å². The van der Waals surface area contributed by atoms with Gasteiger partial charge in [-0.3, -0.25) is 0 Å². The van der Waals surface area contributed by atoms with Gasteiger partial charge in [-0.1, -0.05) is 68.4 Å². The smallest absolute Gasteiger partial charge is 0.236 e. The van der Waals surface area contributed by atoms with Crippen LogP contribution in [0, 0.1) is 11.8 Å². The van der Waals surface area contributed by atoms with Gasteiger partial charge in [0.2, 0.25) is 5.88 Å². The molecule has 0 aliphatic carbocycles. The summed E-state index contributed by atoms with van der Waals surface area (Å²) in [5.74, 6) is 2.33. The van der Waals surface area contributed by atoms with Crippen molar-refractivity contribution >= 4 is 0 Å². The number of nitrogens with zero attached hydrogens (tertiary/aromatic N) is 2. The monoisotopic (exact) mass is 412 g/mol. The molecule has 2 rings (SSSR count). The van der Waals surface area contributed by atoms with Crippen molar-refractivity contribution < 1.29 is 9.47 Å². The Hall–Kier alpha value is -2.10. The first-order chi connectivity index (χ1) is 14.0. The Bertz CT molecular complexity index is 843. The molecule has 0 saturated carbocycles. The van der Waals surface area contributed by atoms with Gasteiger partial charge in [-0.05, 0) is 47.8 Å². The fourth-order valence-corrected chi connectivity index (χ4v) is 3.80. The van der Waals surface area contributed by atoms with Crippen LogP contribution in [0.5, 0.6) is 11.6 Å². The number of benzene rings is 1. The summed E-state index contributed by atoms with van der Waals surface area (Å²) in [6.07, 6.45) is 1.66. The third-order valence-corrected chi connectivity index (χ3v) is 5.56. The highest BCUT2D eigenvalue weighted by Gasteiger charge is 2.24. The minimum Gasteiger partial charge on any atom is -0.496 e. The predicted octanol–water partition coefficient (Wildman–Crippen LogP) is 6.63. The van der Waals surface area contributed by atoms with E-state index in [0.29, 0.717) is 17.7 Å². The molecular formula is C26H40N2O2. The van der Waals surface area contributed by atoms with E-state index in [1.54, 1.807) is 7.11 Å². The van der Waals surface area contributed by atoms with Gasteiger partial charge in [0.05, 0.1) is 18.5 Å². The van der Waals surface area contributed by atoms with Crippen LogP contribution in [0.1, 0.15) is 79.3 Å². The van der Waals surface area contributed by atoms with Crippen molar-refractivity contribution in [2.75, 3.05) is 7.11 Å². The van der Waals surface area contributed by atoms with Crippen LogP contribution in [0.15, 0.2) is 18.2 Å². The summed E-state index contributed by atoms with van der Waals surface area (Å²) in [5, 5.41) is 0. The molecule has 2 aromatic rings. The standard InChI is InChI=1S/C26H40N2O2/c1-11-20-23(19-14-13-18(26(7,8)9)15-22(19)29-10)27-21(12-2)25(28-20)30-24(16(3)4)17(5)6/h13-17,24H,11-12H2,1-10H3. The highest BCUT2D eigenvalue weighted by atomic mass is 16.5. The third kappa shape index (κ3) is 5.33. The molecule has 0 bridgehead atoms. The zero-order valence-corrected chi connectivity index (χ0v) is 20.6. The van der Waals surface area contributed by atoms with Crippen molar-refractivity contribution in [2.45, 2.75) is 86.7 Å². The first-order valence-corrected chi connectivity index (χ1v) is 11.3. The minimum atomic E-state index is 0.0556. The quantitative estimate of drug-likeness (QED) is 0.488. The van der Waals surface area contributed by atoms with Crippen LogP contribution in [0.2, 0.25) is 0 Å². The number of rotatable bonds is 8. The van der Waals surface area contributed by atoms with Crippen molar-refractivity contribution in [1.82, 2.24) is 9.97 Å². The summed E-state index contributed by atoms with van der Waals surface area (Å²) >= 11 is 0. The molecule has 0 amide bonds. The topological polar surface area (TPSA) is 44.2 Å². The molecule has 1 aromatic heterocycles. The maximum absolute atomic E-state index is 6.41. The Morgan fingerprint density at radius 3 is 1.97 bits per heavy atom. The largest absolute Gasteiger partial charge is 0.496 e. The van der Waals surface area contributed by atoms with Crippen molar-refractivity contribution in [2.24, 2.45) is 11.8 Å². The molecule has 0 aliphatic rings. The summed E-state index contributed by atoms with van der Waals surface area (Å²) in [7, 11) is 1.72. The second-order valence-electron chi connectivity index (χ2n) is 9.71. The van der Waals surface area contributed by atoms with Gasteiger partial charge >= 0.3 is 0 Å². The van der Waals surface area contributed by atoms with Gasteiger partial charge in [-0.2, -0.15) is 0 Å². The molecule has 0 saturated heterocycles. The van der Waals surface area contributed by atoms with Gasteiger partial charge in [0.1, 0.15) is 17.5 Å². The SMILES string of the molecule is CCc1nc(-c2ccc(C(C)(C)C)cc2OC)c(CC)nc1OC(C(C)C)C(C)C. The van der Waals surface area contributed by atoms with Crippen molar-refractivity contribution in [3.05, 3.63) is 35.2 Å². The number of hydrogen-bond donors (Lipinski definition) is 0. The molecule has 0 atom stereocenters. The van der Waals surface area contributed by atoms with Crippen LogP contribution in [-0.2, 0) is 18.3 Å². The molecular weight excluding hydrogens is 372 g/mol. The number of methoxy groups -OCH3 is 1. The minimum absolute atomic E-state index is 0.0556. The number of hydrogen-bond acceptors (Lipinski definition) is 4. The van der Waals surface area contributed by atoms with Gasteiger partial charge < -0.3 is 9.47 Å². The summed E-state index contributed by atoms with van der Waals surface area (Å²) in [6, 6.07) is 6.41. The molecule has 0 unspecified atom stereocenters. The molecule has 4 nitrogen and oxygen atoms in total. The normalized spacial score (nSPS) is 12.2. The van der Waals surface area contributed by atoms with E-state index < -0.39 is 0 Å². The van der Waals surface area contributed by atoms with Crippen LogP contribution in [-0.4, -0.2) is 23.2 Å². The van der Waals surface area contributed by atoms with Crippen molar-refractivity contribution in [3.8, 4) is 22.9 Å². The van der Waals surface area contributed by atoms with E-state index in [-0.39, 0.29) is 11.5 Å². The lowest BCUT2D eigenvalue weighted by Crippen LogP contribution is -2.30. The Morgan fingerprint density at radius 1 is 0.900 bits per heavy atom. The maximum atomic E-state index is 6.41. The Labute approximate surface area is 183 Å². The molecule has 0 spiro atoms. The van der Waals surface area contributed by atoms with Gasteiger partial charge in [-0.15, -0.1) is 0 Å². The first kappa shape index (κ1) is 24.2. The molecule has 0 aliphatic heterocycles. The van der Waals surface area contributed by atoms with E-state index in [4.69, 9.17) is 19.4 Å². The lowest BCUT2D eigenvalue weighted by Gasteiger charge is -2.27. The highest BCUT2D eigenvalue weighted by molar-refractivity contribution is 5.70. The number of aryl methyl sites for hydroxylation is 2. The van der Waals surface area contributed by atoms with Crippen LogP contribution < -0.4 is 9.47 Å². The molecule has 30 heavy (non-hydrogen) atoms.